The summed E-state index contributed by atoms with van der Waals surface area (Å²) in [5.74, 6) is 1.75. The molecule has 2 aromatic heterocycles. The largest absolute Gasteiger partial charge is 0.454 e. The van der Waals surface area contributed by atoms with Gasteiger partial charge >= 0.3 is 0 Å². The standard InChI is InChI=1S/C17H18N6O3S/c1-22(17-20-16(21-27-17)23-8-6-18-10-23)7-2-5-19-15(24)12-3-4-13-14(9-12)26-11-25-13/h3-4,6,8-10H,2,5,7,11H2,1H3,(H,19,24). The molecule has 9 nitrogen and oxygen atoms in total. The van der Waals surface area contributed by atoms with Gasteiger partial charge in [0.05, 0.1) is 0 Å². The lowest BCUT2D eigenvalue weighted by molar-refractivity contribution is 0.0953. The summed E-state index contributed by atoms with van der Waals surface area (Å²) in [7, 11) is 1.96. The van der Waals surface area contributed by atoms with Gasteiger partial charge in [-0.05, 0) is 24.6 Å². The van der Waals surface area contributed by atoms with E-state index < -0.39 is 0 Å². The van der Waals surface area contributed by atoms with Crippen LogP contribution in [0.1, 0.15) is 16.8 Å². The third kappa shape index (κ3) is 3.85. The van der Waals surface area contributed by atoms with Gasteiger partial charge in [-0.25, -0.2) is 4.98 Å². The van der Waals surface area contributed by atoms with E-state index in [-0.39, 0.29) is 12.7 Å². The summed E-state index contributed by atoms with van der Waals surface area (Å²) in [5, 5.41) is 3.74. The first kappa shape index (κ1) is 17.3. The quantitative estimate of drug-likeness (QED) is 0.618. The van der Waals surface area contributed by atoms with Crippen molar-refractivity contribution in [1.29, 1.82) is 0 Å². The first-order valence-electron chi connectivity index (χ1n) is 8.42. The number of fused-ring (bicyclic) bond motifs is 1. The summed E-state index contributed by atoms with van der Waals surface area (Å²) in [6.07, 6.45) is 5.94. The van der Waals surface area contributed by atoms with Gasteiger partial charge in [0.1, 0.15) is 6.33 Å². The summed E-state index contributed by atoms with van der Waals surface area (Å²) in [6.45, 7) is 1.51. The molecule has 0 aliphatic carbocycles. The van der Waals surface area contributed by atoms with E-state index >= 15 is 0 Å². The molecule has 1 aliphatic rings. The molecule has 27 heavy (non-hydrogen) atoms. The van der Waals surface area contributed by atoms with Crippen molar-refractivity contribution in [2.45, 2.75) is 6.42 Å². The van der Waals surface area contributed by atoms with E-state index in [0.29, 0.717) is 29.6 Å². The highest BCUT2D eigenvalue weighted by Crippen LogP contribution is 2.32. The van der Waals surface area contributed by atoms with Crippen LogP contribution in [0.5, 0.6) is 11.5 Å². The maximum absolute atomic E-state index is 12.2. The number of ether oxygens (including phenoxy) is 2. The minimum Gasteiger partial charge on any atom is -0.454 e. The summed E-state index contributed by atoms with van der Waals surface area (Å²) < 4.78 is 16.6. The summed E-state index contributed by atoms with van der Waals surface area (Å²) in [6, 6.07) is 5.18. The topological polar surface area (TPSA) is 94.4 Å². The molecule has 4 rings (SSSR count). The van der Waals surface area contributed by atoms with Crippen molar-refractivity contribution < 1.29 is 14.3 Å². The Kier molecular flexibility index (Phi) is 4.88. The van der Waals surface area contributed by atoms with Crippen LogP contribution in [0.2, 0.25) is 0 Å². The number of amides is 1. The zero-order valence-electron chi connectivity index (χ0n) is 14.7. The van der Waals surface area contributed by atoms with Crippen LogP contribution in [0.15, 0.2) is 36.9 Å². The lowest BCUT2D eigenvalue weighted by Crippen LogP contribution is -2.28. The second-order valence-corrected chi connectivity index (χ2v) is 6.68. The summed E-state index contributed by atoms with van der Waals surface area (Å²) in [4.78, 5) is 22.7. The van der Waals surface area contributed by atoms with Gasteiger partial charge in [-0.2, -0.15) is 9.36 Å². The Morgan fingerprint density at radius 2 is 2.26 bits per heavy atom. The van der Waals surface area contributed by atoms with Gasteiger partial charge in [0.15, 0.2) is 11.5 Å². The molecular weight excluding hydrogens is 368 g/mol. The van der Waals surface area contributed by atoms with E-state index in [2.05, 4.69) is 19.7 Å². The van der Waals surface area contributed by atoms with Crippen LogP contribution in [-0.2, 0) is 0 Å². The number of carbonyl (C=O) groups is 1. The van der Waals surface area contributed by atoms with Crippen molar-refractivity contribution >= 4 is 22.6 Å². The van der Waals surface area contributed by atoms with E-state index in [1.54, 1.807) is 41.5 Å². The number of nitrogens with zero attached hydrogens (tertiary/aromatic N) is 5. The summed E-state index contributed by atoms with van der Waals surface area (Å²) in [5.41, 5.74) is 0.557. The molecule has 0 unspecified atom stereocenters. The average molecular weight is 386 g/mol. The van der Waals surface area contributed by atoms with Gasteiger partial charge in [-0.3, -0.25) is 9.36 Å². The molecule has 0 saturated carbocycles. The van der Waals surface area contributed by atoms with Gasteiger partial charge in [-0.1, -0.05) is 0 Å². The van der Waals surface area contributed by atoms with E-state index in [1.807, 2.05) is 11.9 Å². The van der Waals surface area contributed by atoms with Gasteiger partial charge in [0.25, 0.3) is 5.91 Å². The molecular formula is C17H18N6O3S. The maximum atomic E-state index is 12.2. The zero-order valence-corrected chi connectivity index (χ0v) is 15.5. The molecule has 140 valence electrons. The Morgan fingerprint density at radius 1 is 1.37 bits per heavy atom. The Bertz CT molecular complexity index is 927. The van der Waals surface area contributed by atoms with Crippen LogP contribution in [-0.4, -0.2) is 51.7 Å². The number of hydrogen-bond acceptors (Lipinski definition) is 8. The van der Waals surface area contributed by atoms with Crippen molar-refractivity contribution in [2.75, 3.05) is 31.8 Å². The minimum absolute atomic E-state index is 0.130. The first-order valence-corrected chi connectivity index (χ1v) is 9.19. The fourth-order valence-corrected chi connectivity index (χ4v) is 3.25. The molecule has 3 heterocycles. The molecule has 0 bridgehead atoms. The number of benzene rings is 1. The van der Waals surface area contributed by atoms with Crippen LogP contribution in [0, 0.1) is 0 Å². The Hall–Kier alpha value is -3.14. The van der Waals surface area contributed by atoms with Crippen LogP contribution in [0.3, 0.4) is 0 Å². The number of aromatic nitrogens is 4. The van der Waals surface area contributed by atoms with Crippen molar-refractivity contribution in [2.24, 2.45) is 0 Å². The molecule has 0 saturated heterocycles. The minimum atomic E-state index is -0.130. The Labute approximate surface area is 159 Å². The normalized spacial score (nSPS) is 12.2. The van der Waals surface area contributed by atoms with Crippen LogP contribution >= 0.6 is 11.5 Å². The lowest BCUT2D eigenvalue weighted by atomic mass is 10.2. The molecule has 0 atom stereocenters. The van der Waals surface area contributed by atoms with Crippen molar-refractivity contribution in [3.8, 4) is 17.4 Å². The summed E-state index contributed by atoms with van der Waals surface area (Å²) >= 11 is 1.33. The van der Waals surface area contributed by atoms with Gasteiger partial charge in [0, 0.05) is 49.6 Å². The Morgan fingerprint density at radius 3 is 3.11 bits per heavy atom. The number of imidazole rings is 1. The lowest BCUT2D eigenvalue weighted by Gasteiger charge is -2.15. The monoisotopic (exact) mass is 386 g/mol. The third-order valence-corrected chi connectivity index (χ3v) is 4.88. The highest BCUT2D eigenvalue weighted by molar-refractivity contribution is 7.09. The molecule has 1 amide bonds. The van der Waals surface area contributed by atoms with Crippen molar-refractivity contribution in [1.82, 2.24) is 24.2 Å². The average Bonchev–Trinajstić information content (AvgIpc) is 3.44. The van der Waals surface area contributed by atoms with Gasteiger partial charge in [0.2, 0.25) is 17.9 Å². The number of hydrogen-bond donors (Lipinski definition) is 1. The second-order valence-electron chi connectivity index (χ2n) is 5.95. The first-order chi connectivity index (χ1) is 13.2. The van der Waals surface area contributed by atoms with Crippen LogP contribution in [0.4, 0.5) is 5.13 Å². The van der Waals surface area contributed by atoms with Gasteiger partial charge < -0.3 is 19.7 Å². The van der Waals surface area contributed by atoms with Crippen molar-refractivity contribution in [3.63, 3.8) is 0 Å². The molecule has 1 aromatic carbocycles. The zero-order chi connectivity index (χ0) is 18.6. The van der Waals surface area contributed by atoms with E-state index in [0.717, 1.165) is 18.1 Å². The second kappa shape index (κ2) is 7.62. The molecule has 0 fully saturated rings. The van der Waals surface area contributed by atoms with Crippen LogP contribution < -0.4 is 19.7 Å². The SMILES string of the molecule is CN(CCCNC(=O)c1ccc2c(c1)OCO2)c1nc(-n2ccnc2)ns1. The van der Waals surface area contributed by atoms with Gasteiger partial charge in [-0.15, -0.1) is 0 Å². The highest BCUT2D eigenvalue weighted by atomic mass is 32.1. The number of rotatable bonds is 7. The van der Waals surface area contributed by atoms with E-state index in [9.17, 15) is 4.79 Å². The molecule has 0 radical (unpaired) electrons. The third-order valence-electron chi connectivity index (χ3n) is 4.06. The predicted octanol–water partition coefficient (Wildman–Crippen LogP) is 1.71. The maximum Gasteiger partial charge on any atom is 0.251 e. The molecule has 1 N–H and O–H groups in total. The fourth-order valence-electron chi connectivity index (χ4n) is 2.60. The van der Waals surface area contributed by atoms with E-state index in [4.69, 9.17) is 9.47 Å². The highest BCUT2D eigenvalue weighted by Gasteiger charge is 2.16. The number of carbonyl (C=O) groups excluding carboxylic acids is 1. The van der Waals surface area contributed by atoms with Crippen molar-refractivity contribution in [3.05, 3.63) is 42.5 Å². The molecule has 10 heteroatoms. The Balaban J connectivity index is 1.24. The molecule has 0 spiro atoms. The van der Waals surface area contributed by atoms with E-state index in [1.165, 1.54) is 11.5 Å². The predicted molar refractivity (Wildman–Crippen MR) is 99.8 cm³/mol. The number of anilines is 1. The fraction of sp³-hybridized carbons (Fsp3) is 0.294. The molecule has 1 aliphatic heterocycles. The number of nitrogens with one attached hydrogen (secondary N) is 1. The van der Waals surface area contributed by atoms with Crippen LogP contribution in [0.25, 0.3) is 5.95 Å². The smallest absolute Gasteiger partial charge is 0.251 e. The molecule has 3 aromatic rings.